The van der Waals surface area contributed by atoms with E-state index in [1.54, 1.807) is 24.3 Å². The van der Waals surface area contributed by atoms with E-state index in [0.717, 1.165) is 0 Å². The lowest BCUT2D eigenvalue weighted by molar-refractivity contribution is -0.142. The number of azo groups is 1. The maximum Gasteiger partial charge on any atom is 0.433 e. The van der Waals surface area contributed by atoms with Crippen LogP contribution in [0, 0.1) is 0 Å². The summed E-state index contributed by atoms with van der Waals surface area (Å²) in [6.45, 7) is 0. The first-order valence-electron chi connectivity index (χ1n) is 6.84. The van der Waals surface area contributed by atoms with E-state index in [2.05, 4.69) is 20.3 Å². The van der Waals surface area contributed by atoms with Crippen LogP contribution in [0.1, 0.15) is 5.69 Å². The minimum absolute atomic E-state index is 0.186. The molecule has 130 valence electrons. The molecule has 0 saturated heterocycles. The van der Waals surface area contributed by atoms with Crippen LogP contribution in [-0.2, 0) is 6.18 Å². The first-order valence-corrected chi connectivity index (χ1v) is 6.84. The zero-order valence-electron chi connectivity index (χ0n) is 12.7. The molecule has 0 spiro atoms. The van der Waals surface area contributed by atoms with E-state index in [4.69, 9.17) is 10.5 Å². The summed E-state index contributed by atoms with van der Waals surface area (Å²) < 4.78 is 44.8. The molecule has 0 aliphatic rings. The zero-order valence-corrected chi connectivity index (χ0v) is 12.7. The topological polar surface area (TPSA) is 110 Å². The summed E-state index contributed by atoms with van der Waals surface area (Å²) in [7, 11) is 1.44. The number of halogens is 3. The van der Waals surface area contributed by atoms with Gasteiger partial charge >= 0.3 is 6.18 Å². The molecule has 11 heteroatoms. The van der Waals surface area contributed by atoms with Crippen molar-refractivity contribution in [1.82, 2.24) is 14.6 Å². The van der Waals surface area contributed by atoms with Crippen LogP contribution >= 0.6 is 0 Å². The van der Waals surface area contributed by atoms with Crippen molar-refractivity contribution in [3.63, 3.8) is 0 Å². The monoisotopic (exact) mass is 352 g/mol. The third kappa shape index (κ3) is 3.03. The van der Waals surface area contributed by atoms with E-state index in [0.29, 0.717) is 22.0 Å². The summed E-state index contributed by atoms with van der Waals surface area (Å²) >= 11 is 0. The van der Waals surface area contributed by atoms with Crippen LogP contribution in [0.15, 0.2) is 45.4 Å². The van der Waals surface area contributed by atoms with Gasteiger partial charge in [0.2, 0.25) is 0 Å². The molecule has 2 heterocycles. The van der Waals surface area contributed by atoms with Crippen molar-refractivity contribution < 1.29 is 17.9 Å². The molecule has 0 fully saturated rings. The molecule has 0 atom stereocenters. The van der Waals surface area contributed by atoms with Gasteiger partial charge in [-0.1, -0.05) is 12.1 Å². The molecule has 25 heavy (non-hydrogen) atoms. The number of hydrogen-bond acceptors (Lipinski definition) is 6. The van der Waals surface area contributed by atoms with Crippen LogP contribution in [0.3, 0.4) is 0 Å². The van der Waals surface area contributed by atoms with E-state index < -0.39 is 17.4 Å². The van der Waals surface area contributed by atoms with Gasteiger partial charge in [0.05, 0.1) is 7.11 Å². The van der Waals surface area contributed by atoms with Crippen LogP contribution in [0.2, 0.25) is 0 Å². The average Bonchev–Trinajstić information content (AvgIpc) is 2.86. The van der Waals surface area contributed by atoms with Gasteiger partial charge in [0, 0.05) is 6.07 Å². The second-order valence-corrected chi connectivity index (χ2v) is 4.88. The largest absolute Gasteiger partial charge is 0.494 e. The molecule has 1 aromatic carbocycles. The Balaban J connectivity index is 2.18. The van der Waals surface area contributed by atoms with Gasteiger partial charge in [0.25, 0.3) is 5.56 Å². The van der Waals surface area contributed by atoms with Gasteiger partial charge in [-0.15, -0.1) is 15.3 Å². The fraction of sp³-hybridized carbons (Fsp3) is 0.143. The highest BCUT2D eigenvalue weighted by Gasteiger charge is 2.35. The number of nitrogens with one attached hydrogen (secondary N) is 1. The van der Waals surface area contributed by atoms with Crippen molar-refractivity contribution in [3.8, 4) is 5.75 Å². The smallest absolute Gasteiger partial charge is 0.433 e. The number of hydrogen-bond donors (Lipinski definition) is 2. The first kappa shape index (κ1) is 16.5. The molecule has 3 N–H and O–H groups in total. The van der Waals surface area contributed by atoms with Gasteiger partial charge in [-0.25, -0.2) is 4.52 Å². The normalized spacial score (nSPS) is 12.2. The van der Waals surface area contributed by atoms with E-state index in [-0.39, 0.29) is 17.2 Å². The molecule has 2 aromatic heterocycles. The highest BCUT2D eigenvalue weighted by molar-refractivity contribution is 5.75. The molecule has 3 aromatic rings. The molecule has 3 rings (SSSR count). The Morgan fingerprint density at radius 2 is 2.00 bits per heavy atom. The minimum Gasteiger partial charge on any atom is -0.494 e. The quantitative estimate of drug-likeness (QED) is 0.706. The van der Waals surface area contributed by atoms with E-state index >= 15 is 0 Å². The van der Waals surface area contributed by atoms with Crippen molar-refractivity contribution in [2.45, 2.75) is 6.18 Å². The second-order valence-electron chi connectivity index (χ2n) is 4.88. The van der Waals surface area contributed by atoms with Crippen LogP contribution in [-0.4, -0.2) is 21.7 Å². The molecule has 0 aliphatic carbocycles. The number of alkyl halides is 3. The number of benzene rings is 1. The molecule has 0 unspecified atom stereocenters. The number of nitrogen functional groups attached to an aromatic ring is 1. The Labute approximate surface area is 137 Å². The number of aromatic amines is 1. The van der Waals surface area contributed by atoms with Gasteiger partial charge < -0.3 is 15.5 Å². The number of aromatic nitrogens is 3. The fourth-order valence-electron chi connectivity index (χ4n) is 2.17. The van der Waals surface area contributed by atoms with Crippen LogP contribution < -0.4 is 16.0 Å². The van der Waals surface area contributed by atoms with Crippen LogP contribution in [0.5, 0.6) is 5.75 Å². The van der Waals surface area contributed by atoms with Gasteiger partial charge in [-0.05, 0) is 12.1 Å². The predicted octanol–water partition coefficient (Wildman–Crippen LogP) is 3.05. The molecular weight excluding hydrogens is 341 g/mol. The van der Waals surface area contributed by atoms with Crippen molar-refractivity contribution in [2.24, 2.45) is 10.2 Å². The molecule has 0 radical (unpaired) electrons. The van der Waals surface area contributed by atoms with Crippen molar-refractivity contribution in [1.29, 1.82) is 0 Å². The Morgan fingerprint density at radius 1 is 1.28 bits per heavy atom. The minimum atomic E-state index is -4.79. The van der Waals surface area contributed by atoms with Gasteiger partial charge in [-0.3, -0.25) is 4.79 Å². The summed E-state index contributed by atoms with van der Waals surface area (Å²) in [5.74, 6) is 0.0942. The van der Waals surface area contributed by atoms with Gasteiger partial charge in [0.15, 0.2) is 22.8 Å². The molecule has 0 bridgehead atoms. The third-order valence-electron chi connectivity index (χ3n) is 3.26. The highest BCUT2D eigenvalue weighted by atomic mass is 19.4. The van der Waals surface area contributed by atoms with Gasteiger partial charge in [-0.2, -0.15) is 13.2 Å². The molecule has 0 amide bonds. The van der Waals surface area contributed by atoms with E-state index in [1.165, 1.54) is 7.11 Å². The molecule has 8 nitrogen and oxygen atoms in total. The summed E-state index contributed by atoms with van der Waals surface area (Å²) in [4.78, 5) is 13.8. The van der Waals surface area contributed by atoms with E-state index in [9.17, 15) is 18.0 Å². The Morgan fingerprint density at radius 3 is 2.68 bits per heavy atom. The standard InChI is InChI=1S/C14H11F3N6O2/c1-25-8-5-3-2-4-7(8)20-21-11-12(18)22-23-9(14(15,16)17)6-10(24)19-13(11)23/h2-6H,1H3,(H2,18,22)(H,19,24). The molecule has 0 aliphatic heterocycles. The Kier molecular flexibility index (Phi) is 3.91. The maximum atomic E-state index is 13.1. The Hall–Kier alpha value is -3.37. The maximum absolute atomic E-state index is 13.1. The van der Waals surface area contributed by atoms with Crippen molar-refractivity contribution >= 4 is 22.8 Å². The SMILES string of the molecule is COc1ccccc1N=Nc1c(N)nn2c(C(F)(F)F)cc(=O)[nH]c12. The highest BCUT2D eigenvalue weighted by Crippen LogP contribution is 2.34. The third-order valence-corrected chi connectivity index (χ3v) is 3.26. The van der Waals surface area contributed by atoms with Crippen molar-refractivity contribution in [2.75, 3.05) is 12.8 Å². The number of methoxy groups -OCH3 is 1. The lowest BCUT2D eigenvalue weighted by Crippen LogP contribution is -2.19. The zero-order chi connectivity index (χ0) is 18.2. The second kappa shape index (κ2) is 5.92. The average molecular weight is 352 g/mol. The lowest BCUT2D eigenvalue weighted by Gasteiger charge is -2.07. The number of nitrogens with two attached hydrogens (primary N) is 1. The van der Waals surface area contributed by atoms with E-state index in [1.807, 2.05) is 0 Å². The van der Waals surface area contributed by atoms with Gasteiger partial charge in [0.1, 0.15) is 11.4 Å². The summed E-state index contributed by atoms with van der Waals surface area (Å²) in [5, 5.41) is 11.3. The number of anilines is 1. The number of para-hydroxylation sites is 1. The summed E-state index contributed by atoms with van der Waals surface area (Å²) in [6.07, 6.45) is -4.79. The number of fused-ring (bicyclic) bond motifs is 1. The molecule has 0 saturated carbocycles. The number of ether oxygens (including phenoxy) is 1. The van der Waals surface area contributed by atoms with Crippen LogP contribution in [0.25, 0.3) is 5.65 Å². The van der Waals surface area contributed by atoms with Crippen LogP contribution in [0.4, 0.5) is 30.4 Å². The first-order chi connectivity index (χ1) is 11.8. The Bertz CT molecular complexity index is 1020. The fourth-order valence-corrected chi connectivity index (χ4v) is 2.17. The number of rotatable bonds is 3. The predicted molar refractivity (Wildman–Crippen MR) is 82.4 cm³/mol. The summed E-state index contributed by atoms with van der Waals surface area (Å²) in [6, 6.07) is 7.01. The molecular formula is C14H11F3N6O2. The number of nitrogens with zero attached hydrogens (tertiary/aromatic N) is 4. The number of H-pyrrole nitrogens is 1. The van der Waals surface area contributed by atoms with Crippen molar-refractivity contribution in [3.05, 3.63) is 46.4 Å². The summed E-state index contributed by atoms with van der Waals surface area (Å²) in [5.41, 5.74) is 3.25. The lowest BCUT2D eigenvalue weighted by atomic mass is 10.3.